The molecule has 0 radical (unpaired) electrons. The number of para-hydroxylation sites is 1. The first-order valence-electron chi connectivity index (χ1n) is 7.75. The summed E-state index contributed by atoms with van der Waals surface area (Å²) in [6, 6.07) is 11.6. The Kier molecular flexibility index (Phi) is 5.71. The van der Waals surface area contributed by atoms with Crippen LogP contribution in [-0.4, -0.2) is 30.1 Å². The summed E-state index contributed by atoms with van der Waals surface area (Å²) < 4.78 is 5.84. The molecule has 1 aliphatic heterocycles. The van der Waals surface area contributed by atoms with Gasteiger partial charge >= 0.3 is 0 Å². The van der Waals surface area contributed by atoms with E-state index in [2.05, 4.69) is 18.7 Å². The molecule has 0 aliphatic carbocycles. The number of hydrogen-bond donors (Lipinski definition) is 0. The smallest absolute Gasteiger partial charge is 0.119 e. The van der Waals surface area contributed by atoms with Crippen molar-refractivity contribution >= 4 is 0 Å². The molecule has 1 aromatic carbocycles. The van der Waals surface area contributed by atoms with Gasteiger partial charge in [-0.3, -0.25) is 4.90 Å². The minimum Gasteiger partial charge on any atom is -0.492 e. The van der Waals surface area contributed by atoms with Crippen LogP contribution in [-0.2, 0) is 0 Å². The monoisotopic (exact) mass is 261 g/mol. The van der Waals surface area contributed by atoms with Gasteiger partial charge in [-0.15, -0.1) is 0 Å². The fourth-order valence-electron chi connectivity index (χ4n) is 3.17. The van der Waals surface area contributed by atoms with E-state index in [0.29, 0.717) is 6.04 Å². The van der Waals surface area contributed by atoms with E-state index in [0.717, 1.165) is 24.9 Å². The van der Waals surface area contributed by atoms with Crippen molar-refractivity contribution in [1.29, 1.82) is 0 Å². The number of likely N-dealkylation sites (tertiary alicyclic amines) is 1. The maximum absolute atomic E-state index is 5.84. The van der Waals surface area contributed by atoms with Crippen LogP contribution in [0.5, 0.6) is 5.75 Å². The van der Waals surface area contributed by atoms with Crippen molar-refractivity contribution in [2.75, 3.05) is 13.2 Å². The third kappa shape index (κ3) is 4.24. The molecule has 106 valence electrons. The average Bonchev–Trinajstić information content (AvgIpc) is 2.43. The normalized spacial score (nSPS) is 24.3. The van der Waals surface area contributed by atoms with Gasteiger partial charge in [0.15, 0.2) is 0 Å². The largest absolute Gasteiger partial charge is 0.492 e. The van der Waals surface area contributed by atoms with E-state index < -0.39 is 0 Å². The zero-order valence-electron chi connectivity index (χ0n) is 12.3. The highest BCUT2D eigenvalue weighted by Gasteiger charge is 2.26. The SMILES string of the molecule is CCC[C@@H]1CCC[C@H](C)N1CCOc1ccccc1. The molecule has 2 heteroatoms. The van der Waals surface area contributed by atoms with Gasteiger partial charge in [-0.2, -0.15) is 0 Å². The van der Waals surface area contributed by atoms with Crippen LogP contribution < -0.4 is 4.74 Å². The average molecular weight is 261 g/mol. The Labute approximate surface area is 117 Å². The van der Waals surface area contributed by atoms with Crippen LogP contribution in [0.4, 0.5) is 0 Å². The van der Waals surface area contributed by atoms with Crippen LogP contribution >= 0.6 is 0 Å². The lowest BCUT2D eigenvalue weighted by Crippen LogP contribution is -2.47. The van der Waals surface area contributed by atoms with E-state index in [1.165, 1.54) is 32.1 Å². The number of nitrogens with zero attached hydrogens (tertiary/aromatic N) is 1. The van der Waals surface area contributed by atoms with Crippen molar-refractivity contribution in [3.63, 3.8) is 0 Å². The Morgan fingerprint density at radius 2 is 2.00 bits per heavy atom. The molecule has 2 rings (SSSR count). The maximum Gasteiger partial charge on any atom is 0.119 e. The third-order valence-electron chi connectivity index (χ3n) is 4.18. The molecule has 19 heavy (non-hydrogen) atoms. The van der Waals surface area contributed by atoms with Crippen molar-refractivity contribution in [2.45, 2.75) is 58.0 Å². The highest BCUT2D eigenvalue weighted by molar-refractivity contribution is 5.20. The lowest BCUT2D eigenvalue weighted by atomic mass is 9.94. The Hall–Kier alpha value is -1.02. The van der Waals surface area contributed by atoms with Gasteiger partial charge in [-0.25, -0.2) is 0 Å². The number of hydrogen-bond acceptors (Lipinski definition) is 2. The Morgan fingerprint density at radius 1 is 1.21 bits per heavy atom. The number of piperidine rings is 1. The molecule has 0 unspecified atom stereocenters. The van der Waals surface area contributed by atoms with E-state index in [4.69, 9.17) is 4.74 Å². The number of benzene rings is 1. The summed E-state index contributed by atoms with van der Waals surface area (Å²) in [6.07, 6.45) is 6.71. The van der Waals surface area contributed by atoms with Crippen molar-refractivity contribution in [3.05, 3.63) is 30.3 Å². The summed E-state index contributed by atoms with van der Waals surface area (Å²) >= 11 is 0. The second-order valence-electron chi connectivity index (χ2n) is 5.62. The molecule has 0 spiro atoms. The molecule has 1 heterocycles. The molecular weight excluding hydrogens is 234 g/mol. The summed E-state index contributed by atoms with van der Waals surface area (Å²) in [5.74, 6) is 0.985. The molecule has 0 bridgehead atoms. The van der Waals surface area contributed by atoms with Gasteiger partial charge < -0.3 is 4.74 Å². The zero-order valence-corrected chi connectivity index (χ0v) is 12.3. The van der Waals surface area contributed by atoms with E-state index in [-0.39, 0.29) is 0 Å². The van der Waals surface area contributed by atoms with Crippen LogP contribution in [0.25, 0.3) is 0 Å². The van der Waals surface area contributed by atoms with Crippen molar-refractivity contribution in [1.82, 2.24) is 4.90 Å². The van der Waals surface area contributed by atoms with Crippen LogP contribution in [0.15, 0.2) is 30.3 Å². The van der Waals surface area contributed by atoms with Crippen LogP contribution in [0.1, 0.15) is 46.0 Å². The molecular formula is C17H27NO. The summed E-state index contributed by atoms with van der Waals surface area (Å²) in [7, 11) is 0. The van der Waals surface area contributed by atoms with E-state index in [1.807, 2.05) is 30.3 Å². The second-order valence-corrected chi connectivity index (χ2v) is 5.62. The minimum atomic E-state index is 0.713. The van der Waals surface area contributed by atoms with Crippen molar-refractivity contribution in [2.24, 2.45) is 0 Å². The summed E-state index contributed by atoms with van der Waals surface area (Å²) in [6.45, 7) is 6.51. The second kappa shape index (κ2) is 7.54. The number of ether oxygens (including phenoxy) is 1. The van der Waals surface area contributed by atoms with Gasteiger partial charge in [-0.1, -0.05) is 38.0 Å². The Bertz CT molecular complexity index is 350. The van der Waals surface area contributed by atoms with Gasteiger partial charge in [0, 0.05) is 18.6 Å². The molecule has 1 fully saturated rings. The molecule has 2 nitrogen and oxygen atoms in total. The van der Waals surface area contributed by atoms with Gasteiger partial charge in [-0.05, 0) is 38.3 Å². The van der Waals surface area contributed by atoms with Gasteiger partial charge in [0.1, 0.15) is 12.4 Å². The van der Waals surface area contributed by atoms with Gasteiger partial charge in [0.2, 0.25) is 0 Å². The predicted octanol–water partition coefficient (Wildman–Crippen LogP) is 4.11. The van der Waals surface area contributed by atoms with Crippen molar-refractivity contribution in [3.8, 4) is 5.75 Å². The topological polar surface area (TPSA) is 12.5 Å². The zero-order chi connectivity index (χ0) is 13.5. The minimum absolute atomic E-state index is 0.713. The molecule has 2 atom stereocenters. The lowest BCUT2D eigenvalue weighted by Gasteiger charge is -2.40. The Morgan fingerprint density at radius 3 is 2.74 bits per heavy atom. The molecule has 0 N–H and O–H groups in total. The van der Waals surface area contributed by atoms with E-state index in [9.17, 15) is 0 Å². The first-order chi connectivity index (χ1) is 9.31. The quantitative estimate of drug-likeness (QED) is 0.764. The first kappa shape index (κ1) is 14.4. The third-order valence-corrected chi connectivity index (χ3v) is 4.18. The van der Waals surface area contributed by atoms with Crippen LogP contribution in [0, 0.1) is 0 Å². The molecule has 0 amide bonds. The standard InChI is InChI=1S/C17H27NO/c1-3-8-16-10-7-9-15(2)18(16)13-14-19-17-11-5-4-6-12-17/h4-6,11-12,15-16H,3,7-10,13-14H2,1-2H3/t15-,16+/m0/s1. The summed E-state index contributed by atoms with van der Waals surface area (Å²) in [5.41, 5.74) is 0. The lowest BCUT2D eigenvalue weighted by molar-refractivity contribution is 0.0706. The summed E-state index contributed by atoms with van der Waals surface area (Å²) in [5, 5.41) is 0. The molecule has 1 aromatic rings. The Balaban J connectivity index is 1.81. The highest BCUT2D eigenvalue weighted by Crippen LogP contribution is 2.25. The van der Waals surface area contributed by atoms with Crippen LogP contribution in [0.2, 0.25) is 0 Å². The number of rotatable bonds is 6. The van der Waals surface area contributed by atoms with E-state index in [1.54, 1.807) is 0 Å². The molecule has 0 aromatic heterocycles. The van der Waals surface area contributed by atoms with E-state index >= 15 is 0 Å². The van der Waals surface area contributed by atoms with Gasteiger partial charge in [0.05, 0.1) is 0 Å². The van der Waals surface area contributed by atoms with Gasteiger partial charge in [0.25, 0.3) is 0 Å². The highest BCUT2D eigenvalue weighted by atomic mass is 16.5. The first-order valence-corrected chi connectivity index (χ1v) is 7.75. The fourth-order valence-corrected chi connectivity index (χ4v) is 3.17. The molecule has 1 saturated heterocycles. The predicted molar refractivity (Wildman–Crippen MR) is 80.7 cm³/mol. The fraction of sp³-hybridized carbons (Fsp3) is 0.647. The molecule has 1 aliphatic rings. The van der Waals surface area contributed by atoms with Crippen LogP contribution in [0.3, 0.4) is 0 Å². The van der Waals surface area contributed by atoms with Crippen molar-refractivity contribution < 1.29 is 4.74 Å². The summed E-state index contributed by atoms with van der Waals surface area (Å²) in [4.78, 5) is 2.66. The maximum atomic E-state index is 5.84. The molecule has 0 saturated carbocycles.